The highest BCUT2D eigenvalue weighted by Gasteiger charge is 2.36. The molecule has 0 spiro atoms. The number of nitrogens with zero attached hydrogens (tertiary/aromatic N) is 1. The van der Waals surface area contributed by atoms with E-state index < -0.39 is 10.0 Å². The van der Waals surface area contributed by atoms with E-state index in [1.54, 1.807) is 35.3 Å². The van der Waals surface area contributed by atoms with Crippen molar-refractivity contribution in [1.82, 2.24) is 4.31 Å². The molecule has 4 nitrogen and oxygen atoms in total. The molecule has 6 heteroatoms. The normalized spacial score (nSPS) is 17.5. The highest BCUT2D eigenvalue weighted by atomic mass is 32.2. The predicted octanol–water partition coefficient (Wildman–Crippen LogP) is 4.80. The van der Waals surface area contributed by atoms with Crippen LogP contribution in [0.2, 0.25) is 0 Å². The zero-order valence-electron chi connectivity index (χ0n) is 15.5. The largest absolute Gasteiger partial charge is 0.497 e. The van der Waals surface area contributed by atoms with E-state index in [4.69, 9.17) is 4.74 Å². The fraction of sp³-hybridized carbons (Fsp3) is 0.182. The standard InChI is InChI=1S/C22H21NO3S2/c1-26-20-11-7-19(8-12-20)22-23(15-16-27-22)28(24,25)21-13-9-18(10-14-21)17-5-3-2-4-6-17/h2-14,22H,15-16H2,1H3/t22-/m1/s1. The maximum absolute atomic E-state index is 13.3. The molecule has 4 rings (SSSR count). The molecule has 0 bridgehead atoms. The maximum Gasteiger partial charge on any atom is 0.244 e. The lowest BCUT2D eigenvalue weighted by Gasteiger charge is -2.24. The molecule has 0 aromatic heterocycles. The highest BCUT2D eigenvalue weighted by molar-refractivity contribution is 8.01. The van der Waals surface area contributed by atoms with E-state index >= 15 is 0 Å². The number of benzene rings is 3. The van der Waals surface area contributed by atoms with Crippen molar-refractivity contribution in [3.8, 4) is 16.9 Å². The van der Waals surface area contributed by atoms with Crippen LogP contribution in [0.1, 0.15) is 10.9 Å². The summed E-state index contributed by atoms with van der Waals surface area (Å²) >= 11 is 1.64. The monoisotopic (exact) mass is 411 g/mol. The van der Waals surface area contributed by atoms with E-state index in [0.29, 0.717) is 11.4 Å². The summed E-state index contributed by atoms with van der Waals surface area (Å²) in [6.45, 7) is 0.504. The average molecular weight is 412 g/mol. The molecule has 0 radical (unpaired) electrons. The number of methoxy groups -OCH3 is 1. The highest BCUT2D eigenvalue weighted by Crippen LogP contribution is 2.41. The van der Waals surface area contributed by atoms with Gasteiger partial charge >= 0.3 is 0 Å². The Bertz CT molecular complexity index is 1030. The molecule has 1 aliphatic heterocycles. The Hall–Kier alpha value is -2.28. The summed E-state index contributed by atoms with van der Waals surface area (Å²) in [7, 11) is -1.95. The van der Waals surface area contributed by atoms with Crippen molar-refractivity contribution in [3.05, 3.63) is 84.4 Å². The summed E-state index contributed by atoms with van der Waals surface area (Å²) in [4.78, 5) is 0.327. The van der Waals surface area contributed by atoms with Gasteiger partial charge in [-0.2, -0.15) is 4.31 Å². The molecule has 1 heterocycles. The molecule has 144 valence electrons. The second-order valence-electron chi connectivity index (χ2n) is 6.50. The van der Waals surface area contributed by atoms with Gasteiger partial charge < -0.3 is 4.74 Å². The molecule has 1 aliphatic rings. The summed E-state index contributed by atoms with van der Waals surface area (Å²) in [5, 5.41) is -0.218. The Morgan fingerprint density at radius 2 is 1.54 bits per heavy atom. The number of ether oxygens (including phenoxy) is 1. The first-order valence-electron chi connectivity index (χ1n) is 9.02. The SMILES string of the molecule is COc1ccc([C@H]2SCCN2S(=O)(=O)c2ccc(-c3ccccc3)cc2)cc1. The van der Waals surface area contributed by atoms with Crippen molar-refractivity contribution >= 4 is 21.8 Å². The fourth-order valence-electron chi connectivity index (χ4n) is 3.32. The molecule has 0 aliphatic carbocycles. The minimum Gasteiger partial charge on any atom is -0.497 e. The third-order valence-corrected chi connectivity index (χ3v) is 8.09. The average Bonchev–Trinajstić information content (AvgIpc) is 3.25. The summed E-state index contributed by atoms with van der Waals surface area (Å²) in [5.41, 5.74) is 3.04. The molecule has 0 saturated carbocycles. The first kappa shape index (κ1) is 19.1. The molecule has 1 fully saturated rings. The van der Waals surface area contributed by atoms with Crippen LogP contribution in [0.3, 0.4) is 0 Å². The van der Waals surface area contributed by atoms with Crippen LogP contribution in [0.5, 0.6) is 5.75 Å². The Morgan fingerprint density at radius 1 is 0.893 bits per heavy atom. The van der Waals surface area contributed by atoms with Crippen LogP contribution in [0, 0.1) is 0 Å². The Balaban J connectivity index is 1.61. The smallest absolute Gasteiger partial charge is 0.244 e. The second-order valence-corrected chi connectivity index (χ2v) is 9.58. The Kier molecular flexibility index (Phi) is 5.44. The first-order chi connectivity index (χ1) is 13.6. The van der Waals surface area contributed by atoms with Gasteiger partial charge in [-0.05, 0) is 41.0 Å². The Morgan fingerprint density at radius 3 is 2.18 bits per heavy atom. The van der Waals surface area contributed by atoms with Crippen LogP contribution in [-0.4, -0.2) is 32.1 Å². The summed E-state index contributed by atoms with van der Waals surface area (Å²) in [6, 6.07) is 24.7. The first-order valence-corrected chi connectivity index (χ1v) is 11.5. The third-order valence-electron chi connectivity index (χ3n) is 4.82. The van der Waals surface area contributed by atoms with Gasteiger partial charge in [-0.15, -0.1) is 11.8 Å². The quantitative estimate of drug-likeness (QED) is 0.605. The number of sulfonamides is 1. The lowest BCUT2D eigenvalue weighted by molar-refractivity contribution is 0.413. The van der Waals surface area contributed by atoms with Crippen molar-refractivity contribution in [1.29, 1.82) is 0 Å². The van der Waals surface area contributed by atoms with Crippen molar-refractivity contribution in [2.24, 2.45) is 0 Å². The van der Waals surface area contributed by atoms with E-state index in [2.05, 4.69) is 0 Å². The minimum atomic E-state index is -3.57. The van der Waals surface area contributed by atoms with Gasteiger partial charge in [-0.25, -0.2) is 8.42 Å². The number of thioether (sulfide) groups is 1. The van der Waals surface area contributed by atoms with Crippen molar-refractivity contribution in [3.63, 3.8) is 0 Å². The van der Waals surface area contributed by atoms with Crippen LogP contribution in [-0.2, 0) is 10.0 Å². The molecule has 1 atom stereocenters. The Labute approximate surface area is 170 Å². The van der Waals surface area contributed by atoms with Crippen molar-refractivity contribution in [2.75, 3.05) is 19.4 Å². The lowest BCUT2D eigenvalue weighted by Crippen LogP contribution is -2.30. The molecule has 0 amide bonds. The van der Waals surface area contributed by atoms with Gasteiger partial charge in [-0.1, -0.05) is 54.6 Å². The molecule has 0 N–H and O–H groups in total. The lowest BCUT2D eigenvalue weighted by atomic mass is 10.1. The van der Waals surface area contributed by atoms with Crippen LogP contribution in [0.15, 0.2) is 83.8 Å². The predicted molar refractivity (Wildman–Crippen MR) is 114 cm³/mol. The van der Waals surface area contributed by atoms with Gasteiger partial charge in [0.05, 0.1) is 17.4 Å². The fourth-order valence-corrected chi connectivity index (χ4v) is 6.56. The van der Waals surface area contributed by atoms with Crippen molar-refractivity contribution < 1.29 is 13.2 Å². The van der Waals surface area contributed by atoms with E-state index in [1.807, 2.05) is 66.7 Å². The topological polar surface area (TPSA) is 46.6 Å². The maximum atomic E-state index is 13.3. The summed E-state index contributed by atoms with van der Waals surface area (Å²) in [6.07, 6.45) is 0. The van der Waals surface area contributed by atoms with Gasteiger partial charge in [0.1, 0.15) is 5.75 Å². The van der Waals surface area contributed by atoms with Gasteiger partial charge in [0.25, 0.3) is 0 Å². The van der Waals surface area contributed by atoms with Gasteiger partial charge in [0.2, 0.25) is 10.0 Å². The van der Waals surface area contributed by atoms with Crippen LogP contribution >= 0.6 is 11.8 Å². The zero-order chi connectivity index (χ0) is 19.6. The van der Waals surface area contributed by atoms with E-state index in [-0.39, 0.29) is 5.37 Å². The second kappa shape index (κ2) is 7.99. The van der Waals surface area contributed by atoms with Gasteiger partial charge in [-0.3, -0.25) is 0 Å². The van der Waals surface area contributed by atoms with Crippen LogP contribution in [0.4, 0.5) is 0 Å². The number of hydrogen-bond acceptors (Lipinski definition) is 4. The van der Waals surface area contributed by atoms with Crippen LogP contribution < -0.4 is 4.74 Å². The van der Waals surface area contributed by atoms with Crippen molar-refractivity contribution in [2.45, 2.75) is 10.3 Å². The van der Waals surface area contributed by atoms with Gasteiger partial charge in [0.15, 0.2) is 0 Å². The third kappa shape index (κ3) is 3.68. The number of hydrogen-bond donors (Lipinski definition) is 0. The van der Waals surface area contributed by atoms with E-state index in [1.165, 1.54) is 0 Å². The molecule has 1 saturated heterocycles. The van der Waals surface area contributed by atoms with E-state index in [0.717, 1.165) is 28.2 Å². The molecular formula is C22H21NO3S2. The minimum absolute atomic E-state index is 0.218. The van der Waals surface area contributed by atoms with E-state index in [9.17, 15) is 8.42 Å². The van der Waals surface area contributed by atoms with Gasteiger partial charge in [0, 0.05) is 12.3 Å². The molecule has 3 aromatic rings. The van der Waals surface area contributed by atoms with Crippen LogP contribution in [0.25, 0.3) is 11.1 Å². The molecule has 3 aromatic carbocycles. The summed E-state index contributed by atoms with van der Waals surface area (Å²) in [5.74, 6) is 1.54. The molecule has 0 unspecified atom stereocenters. The molecular weight excluding hydrogens is 390 g/mol. The number of rotatable bonds is 5. The molecule has 28 heavy (non-hydrogen) atoms. The zero-order valence-corrected chi connectivity index (χ0v) is 17.1. The summed E-state index contributed by atoms with van der Waals surface area (Å²) < 4.78 is 33.4.